The van der Waals surface area contributed by atoms with Crippen molar-refractivity contribution in [2.24, 2.45) is 0 Å². The number of hydrazine groups is 1. The molecule has 1 aromatic carbocycles. The van der Waals surface area contributed by atoms with Gasteiger partial charge in [-0.25, -0.2) is 0 Å². The SMILES string of the molecule is CCc1ccc(C(=O)NNC(=O)C(F)(F)F)cc1Cl. The molecule has 1 aromatic rings. The van der Waals surface area contributed by atoms with E-state index in [-0.39, 0.29) is 5.56 Å². The van der Waals surface area contributed by atoms with Gasteiger partial charge in [-0.05, 0) is 24.1 Å². The quantitative estimate of drug-likeness (QED) is 0.822. The molecule has 0 aliphatic heterocycles. The van der Waals surface area contributed by atoms with Crippen LogP contribution in [0, 0.1) is 0 Å². The third kappa shape index (κ3) is 4.13. The van der Waals surface area contributed by atoms with Crippen molar-refractivity contribution in [1.82, 2.24) is 10.9 Å². The molecule has 0 unspecified atom stereocenters. The van der Waals surface area contributed by atoms with Crippen molar-refractivity contribution in [2.75, 3.05) is 0 Å². The lowest BCUT2D eigenvalue weighted by molar-refractivity contribution is -0.174. The normalized spacial score (nSPS) is 11.0. The minimum absolute atomic E-state index is 0.0460. The Labute approximate surface area is 111 Å². The standard InChI is InChI=1S/C11H10ClF3N2O2/c1-2-6-3-4-7(5-8(6)12)9(18)16-17-10(19)11(13,14)15/h3-5H,2H2,1H3,(H,16,18)(H,17,19). The number of rotatable bonds is 2. The first-order valence-corrected chi connectivity index (χ1v) is 5.59. The predicted molar refractivity (Wildman–Crippen MR) is 62.5 cm³/mol. The number of benzene rings is 1. The molecule has 2 amide bonds. The molecule has 0 heterocycles. The molecule has 0 saturated carbocycles. The van der Waals surface area contributed by atoms with Crippen LogP contribution in [0.4, 0.5) is 13.2 Å². The summed E-state index contributed by atoms with van der Waals surface area (Å²) < 4.78 is 35.6. The number of hydrogen-bond acceptors (Lipinski definition) is 2. The Morgan fingerprint density at radius 1 is 1.26 bits per heavy atom. The maximum atomic E-state index is 11.9. The lowest BCUT2D eigenvalue weighted by Gasteiger charge is -2.10. The highest BCUT2D eigenvalue weighted by atomic mass is 35.5. The molecule has 19 heavy (non-hydrogen) atoms. The molecule has 0 bridgehead atoms. The minimum atomic E-state index is -5.06. The van der Waals surface area contributed by atoms with Crippen LogP contribution in [-0.2, 0) is 11.2 Å². The van der Waals surface area contributed by atoms with Crippen molar-refractivity contribution in [2.45, 2.75) is 19.5 Å². The first-order chi connectivity index (χ1) is 8.75. The molecule has 0 aliphatic rings. The molecule has 104 valence electrons. The summed E-state index contributed by atoms with van der Waals surface area (Å²) in [5, 5.41) is 0.331. The number of halogens is 4. The average molecular weight is 295 g/mol. The minimum Gasteiger partial charge on any atom is -0.267 e. The zero-order chi connectivity index (χ0) is 14.6. The number of amides is 2. The van der Waals surface area contributed by atoms with Gasteiger partial charge in [0, 0.05) is 10.6 Å². The van der Waals surface area contributed by atoms with Gasteiger partial charge >= 0.3 is 12.1 Å². The monoisotopic (exact) mass is 294 g/mol. The van der Waals surface area contributed by atoms with Gasteiger partial charge in [0.1, 0.15) is 0 Å². The Hall–Kier alpha value is -1.76. The first kappa shape index (κ1) is 15.3. The summed E-state index contributed by atoms with van der Waals surface area (Å²) in [4.78, 5) is 22.0. The van der Waals surface area contributed by atoms with E-state index in [0.29, 0.717) is 11.4 Å². The summed E-state index contributed by atoms with van der Waals surface area (Å²) in [6.07, 6.45) is -4.40. The fourth-order valence-corrected chi connectivity index (χ4v) is 1.55. The summed E-state index contributed by atoms with van der Waals surface area (Å²) >= 11 is 5.86. The van der Waals surface area contributed by atoms with Crippen LogP contribution in [0.5, 0.6) is 0 Å². The Morgan fingerprint density at radius 2 is 1.89 bits per heavy atom. The van der Waals surface area contributed by atoms with E-state index in [2.05, 4.69) is 0 Å². The molecule has 0 aromatic heterocycles. The zero-order valence-electron chi connectivity index (χ0n) is 9.77. The van der Waals surface area contributed by atoms with Crippen LogP contribution in [0.1, 0.15) is 22.8 Å². The van der Waals surface area contributed by atoms with E-state index in [1.807, 2.05) is 6.92 Å². The van der Waals surface area contributed by atoms with Crippen molar-refractivity contribution >= 4 is 23.4 Å². The number of carbonyl (C=O) groups excluding carboxylic acids is 2. The number of alkyl halides is 3. The van der Waals surface area contributed by atoms with Gasteiger partial charge in [-0.2, -0.15) is 13.2 Å². The van der Waals surface area contributed by atoms with Crippen LogP contribution < -0.4 is 10.9 Å². The van der Waals surface area contributed by atoms with Gasteiger partial charge in [-0.1, -0.05) is 24.6 Å². The van der Waals surface area contributed by atoms with Crippen LogP contribution in [0.3, 0.4) is 0 Å². The number of nitrogens with one attached hydrogen (secondary N) is 2. The maximum absolute atomic E-state index is 11.9. The Morgan fingerprint density at radius 3 is 2.37 bits per heavy atom. The topological polar surface area (TPSA) is 58.2 Å². The second-order valence-corrected chi connectivity index (χ2v) is 3.97. The second kappa shape index (κ2) is 5.92. The molecule has 1 rings (SSSR count). The van der Waals surface area contributed by atoms with E-state index >= 15 is 0 Å². The van der Waals surface area contributed by atoms with E-state index in [0.717, 1.165) is 5.56 Å². The number of carbonyl (C=O) groups is 2. The van der Waals surface area contributed by atoms with Crippen molar-refractivity contribution < 1.29 is 22.8 Å². The molecular weight excluding hydrogens is 285 g/mol. The van der Waals surface area contributed by atoms with E-state index in [1.165, 1.54) is 17.6 Å². The Bertz CT molecular complexity index is 503. The van der Waals surface area contributed by atoms with Gasteiger partial charge in [0.05, 0.1) is 0 Å². The van der Waals surface area contributed by atoms with Crippen LogP contribution in [0.2, 0.25) is 5.02 Å². The predicted octanol–water partition coefficient (Wildman–Crippen LogP) is 2.23. The molecule has 2 N–H and O–H groups in total. The highest BCUT2D eigenvalue weighted by Gasteiger charge is 2.38. The van der Waals surface area contributed by atoms with Gasteiger partial charge in [0.15, 0.2) is 0 Å². The van der Waals surface area contributed by atoms with Gasteiger partial charge in [0.25, 0.3) is 5.91 Å². The smallest absolute Gasteiger partial charge is 0.267 e. The van der Waals surface area contributed by atoms with Gasteiger partial charge in [-0.15, -0.1) is 0 Å². The Kier molecular flexibility index (Phi) is 4.77. The fraction of sp³-hybridized carbons (Fsp3) is 0.273. The maximum Gasteiger partial charge on any atom is 0.472 e. The first-order valence-electron chi connectivity index (χ1n) is 5.21. The molecule has 4 nitrogen and oxygen atoms in total. The lowest BCUT2D eigenvalue weighted by atomic mass is 10.1. The highest BCUT2D eigenvalue weighted by molar-refractivity contribution is 6.31. The average Bonchev–Trinajstić information content (AvgIpc) is 2.34. The van der Waals surface area contributed by atoms with Crippen LogP contribution in [-0.4, -0.2) is 18.0 Å². The molecule has 0 aliphatic carbocycles. The van der Waals surface area contributed by atoms with Crippen molar-refractivity contribution in [3.05, 3.63) is 34.3 Å². The Balaban J connectivity index is 2.69. The third-order valence-corrected chi connectivity index (χ3v) is 2.60. The number of hydrogen-bond donors (Lipinski definition) is 2. The van der Waals surface area contributed by atoms with E-state index in [1.54, 1.807) is 11.5 Å². The van der Waals surface area contributed by atoms with Gasteiger partial charge in [-0.3, -0.25) is 20.4 Å². The third-order valence-electron chi connectivity index (χ3n) is 2.24. The molecule has 0 saturated heterocycles. The lowest BCUT2D eigenvalue weighted by Crippen LogP contribution is -2.47. The van der Waals surface area contributed by atoms with Crippen LogP contribution in [0.25, 0.3) is 0 Å². The van der Waals surface area contributed by atoms with Gasteiger partial charge < -0.3 is 0 Å². The molecule has 0 radical (unpaired) electrons. The van der Waals surface area contributed by atoms with Crippen molar-refractivity contribution in [1.29, 1.82) is 0 Å². The number of aryl methyl sites for hydroxylation is 1. The summed E-state index contributed by atoms with van der Waals surface area (Å²) in [5.41, 5.74) is 3.76. The highest BCUT2D eigenvalue weighted by Crippen LogP contribution is 2.18. The van der Waals surface area contributed by atoms with E-state index in [9.17, 15) is 22.8 Å². The molecule has 0 spiro atoms. The van der Waals surface area contributed by atoms with Crippen LogP contribution >= 0.6 is 11.6 Å². The van der Waals surface area contributed by atoms with Gasteiger partial charge in [0.2, 0.25) is 0 Å². The van der Waals surface area contributed by atoms with E-state index < -0.39 is 18.0 Å². The molecule has 0 fully saturated rings. The van der Waals surface area contributed by atoms with Crippen molar-refractivity contribution in [3.8, 4) is 0 Å². The summed E-state index contributed by atoms with van der Waals surface area (Å²) in [6, 6.07) is 4.30. The summed E-state index contributed by atoms with van der Waals surface area (Å²) in [6.45, 7) is 1.87. The molecular formula is C11H10ClF3N2O2. The zero-order valence-corrected chi connectivity index (χ0v) is 10.5. The second-order valence-electron chi connectivity index (χ2n) is 3.57. The summed E-state index contributed by atoms with van der Waals surface area (Å²) in [7, 11) is 0. The molecule has 0 atom stereocenters. The van der Waals surface area contributed by atoms with Crippen molar-refractivity contribution in [3.63, 3.8) is 0 Å². The fourth-order valence-electron chi connectivity index (χ4n) is 1.23. The largest absolute Gasteiger partial charge is 0.472 e. The summed E-state index contributed by atoms with van der Waals surface area (Å²) in [5.74, 6) is -3.14. The molecule has 8 heteroatoms. The van der Waals surface area contributed by atoms with E-state index in [4.69, 9.17) is 11.6 Å². The van der Waals surface area contributed by atoms with Crippen LogP contribution in [0.15, 0.2) is 18.2 Å².